The molecule has 3 nitrogen and oxygen atoms in total. The molecule has 72 valence electrons. The number of nitrogens with one attached hydrogen (secondary N) is 1. The molecule has 1 aromatic rings. The maximum atomic E-state index is 4.64. The van der Waals surface area contributed by atoms with Crippen LogP contribution in [0.2, 0.25) is 0 Å². The monoisotopic (exact) mass is 179 g/mol. The van der Waals surface area contributed by atoms with Gasteiger partial charge in [0.2, 0.25) is 0 Å². The highest BCUT2D eigenvalue weighted by Crippen LogP contribution is 2.21. The second kappa shape index (κ2) is 3.50. The van der Waals surface area contributed by atoms with Crippen LogP contribution in [-0.2, 0) is 25.9 Å². The first-order valence-corrected chi connectivity index (χ1v) is 5.08. The van der Waals surface area contributed by atoms with Gasteiger partial charge in [-0.25, -0.2) is 4.98 Å². The first-order chi connectivity index (χ1) is 6.36. The van der Waals surface area contributed by atoms with E-state index in [1.807, 2.05) is 7.05 Å². The largest absolute Gasteiger partial charge is 0.331 e. The molecule has 13 heavy (non-hydrogen) atoms. The van der Waals surface area contributed by atoms with E-state index in [0.717, 1.165) is 13.0 Å². The highest BCUT2D eigenvalue weighted by Gasteiger charge is 2.19. The van der Waals surface area contributed by atoms with E-state index in [2.05, 4.69) is 21.8 Å². The molecule has 1 aromatic heterocycles. The van der Waals surface area contributed by atoms with E-state index in [0.29, 0.717) is 0 Å². The molecule has 1 aliphatic rings. The molecule has 0 bridgehead atoms. The van der Waals surface area contributed by atoms with Crippen LogP contribution in [0, 0.1) is 0 Å². The second-order valence-corrected chi connectivity index (χ2v) is 3.56. The number of aryl methyl sites for hydroxylation is 1. The predicted molar refractivity (Wildman–Crippen MR) is 52.7 cm³/mol. The maximum absolute atomic E-state index is 4.64. The molecule has 0 saturated carbocycles. The molecule has 2 rings (SSSR count). The van der Waals surface area contributed by atoms with Gasteiger partial charge in [0.05, 0.1) is 12.2 Å². The van der Waals surface area contributed by atoms with Crippen molar-refractivity contribution in [2.24, 2.45) is 0 Å². The van der Waals surface area contributed by atoms with E-state index in [-0.39, 0.29) is 0 Å². The minimum absolute atomic E-state index is 0.896. The molecule has 3 heteroatoms. The van der Waals surface area contributed by atoms with Crippen LogP contribution < -0.4 is 5.32 Å². The van der Waals surface area contributed by atoms with Crippen LogP contribution in [-0.4, -0.2) is 16.6 Å². The Kier molecular flexibility index (Phi) is 2.36. The molecule has 1 aliphatic heterocycles. The van der Waals surface area contributed by atoms with E-state index in [1.54, 1.807) is 0 Å². The second-order valence-electron chi connectivity index (χ2n) is 3.56. The fourth-order valence-corrected chi connectivity index (χ4v) is 2.12. The average Bonchev–Trinajstić information content (AvgIpc) is 2.68. The zero-order valence-electron chi connectivity index (χ0n) is 8.43. The molecule has 0 radical (unpaired) electrons. The summed E-state index contributed by atoms with van der Waals surface area (Å²) in [5, 5.41) is 3.17. The lowest BCUT2D eigenvalue weighted by Gasteiger charge is -2.01. The van der Waals surface area contributed by atoms with E-state index in [4.69, 9.17) is 0 Å². The van der Waals surface area contributed by atoms with Crippen LogP contribution in [0.4, 0.5) is 0 Å². The van der Waals surface area contributed by atoms with Crippen molar-refractivity contribution >= 4 is 0 Å². The minimum atomic E-state index is 0.896. The maximum Gasteiger partial charge on any atom is 0.123 e. The highest BCUT2D eigenvalue weighted by molar-refractivity contribution is 5.20. The molecular formula is C10H17N3. The van der Waals surface area contributed by atoms with Crippen molar-refractivity contribution in [1.29, 1.82) is 0 Å². The number of hydrogen-bond acceptors (Lipinski definition) is 2. The Morgan fingerprint density at radius 2 is 2.38 bits per heavy atom. The molecule has 0 atom stereocenters. The Hall–Kier alpha value is -0.830. The minimum Gasteiger partial charge on any atom is -0.331 e. The van der Waals surface area contributed by atoms with Gasteiger partial charge in [-0.15, -0.1) is 0 Å². The Labute approximate surface area is 79.2 Å². The quantitative estimate of drug-likeness (QED) is 0.753. The summed E-state index contributed by atoms with van der Waals surface area (Å²) in [6.07, 6.45) is 3.58. The van der Waals surface area contributed by atoms with Gasteiger partial charge in [0.15, 0.2) is 0 Å². The van der Waals surface area contributed by atoms with Crippen LogP contribution in [0.5, 0.6) is 0 Å². The zero-order valence-corrected chi connectivity index (χ0v) is 8.43. The Bertz CT molecular complexity index is 301. The van der Waals surface area contributed by atoms with Gasteiger partial charge < -0.3 is 9.88 Å². The lowest BCUT2D eigenvalue weighted by Crippen LogP contribution is -2.11. The first kappa shape index (κ1) is 8.75. The van der Waals surface area contributed by atoms with Gasteiger partial charge in [0, 0.05) is 12.2 Å². The number of aromatic nitrogens is 2. The normalized spacial score (nSPS) is 14.9. The molecular weight excluding hydrogens is 162 g/mol. The third-order valence-corrected chi connectivity index (χ3v) is 2.70. The molecule has 0 unspecified atom stereocenters. The van der Waals surface area contributed by atoms with Crippen LogP contribution in [0.15, 0.2) is 0 Å². The number of rotatable bonds is 3. The lowest BCUT2D eigenvalue weighted by atomic mass is 10.2. The SMILES string of the molecule is CCc1nc(CNC)n2c1CCC2. The highest BCUT2D eigenvalue weighted by atomic mass is 15.1. The predicted octanol–water partition coefficient (Wildman–Crippen LogP) is 1.11. The van der Waals surface area contributed by atoms with Crippen molar-refractivity contribution in [3.63, 3.8) is 0 Å². The summed E-state index contributed by atoms with van der Waals surface area (Å²) < 4.78 is 2.38. The van der Waals surface area contributed by atoms with Crippen LogP contribution in [0.25, 0.3) is 0 Å². The van der Waals surface area contributed by atoms with E-state index in [1.165, 1.54) is 36.6 Å². The third-order valence-electron chi connectivity index (χ3n) is 2.70. The Morgan fingerprint density at radius 3 is 3.08 bits per heavy atom. The van der Waals surface area contributed by atoms with Gasteiger partial charge in [0.1, 0.15) is 5.82 Å². The average molecular weight is 179 g/mol. The molecule has 0 aromatic carbocycles. The van der Waals surface area contributed by atoms with Crippen molar-refractivity contribution in [3.05, 3.63) is 17.2 Å². The standard InChI is InChI=1S/C10H17N3/c1-3-8-9-5-4-6-13(9)10(12-8)7-11-2/h11H,3-7H2,1-2H3. The summed E-state index contributed by atoms with van der Waals surface area (Å²) in [6, 6.07) is 0. The Balaban J connectivity index is 2.36. The molecule has 2 heterocycles. The van der Waals surface area contributed by atoms with Crippen molar-refractivity contribution in [2.45, 2.75) is 39.3 Å². The third kappa shape index (κ3) is 1.37. The van der Waals surface area contributed by atoms with Crippen LogP contribution >= 0.6 is 0 Å². The van der Waals surface area contributed by atoms with Gasteiger partial charge in [-0.3, -0.25) is 0 Å². The van der Waals surface area contributed by atoms with Gasteiger partial charge in [-0.1, -0.05) is 6.92 Å². The Morgan fingerprint density at radius 1 is 1.54 bits per heavy atom. The van der Waals surface area contributed by atoms with Gasteiger partial charge >= 0.3 is 0 Å². The fraction of sp³-hybridized carbons (Fsp3) is 0.700. The van der Waals surface area contributed by atoms with E-state index < -0.39 is 0 Å². The van der Waals surface area contributed by atoms with Crippen molar-refractivity contribution in [2.75, 3.05) is 7.05 Å². The fourth-order valence-electron chi connectivity index (χ4n) is 2.12. The summed E-state index contributed by atoms with van der Waals surface area (Å²) in [5.41, 5.74) is 2.79. The number of fused-ring (bicyclic) bond motifs is 1. The van der Waals surface area contributed by atoms with E-state index in [9.17, 15) is 0 Å². The molecule has 1 N–H and O–H groups in total. The van der Waals surface area contributed by atoms with Crippen molar-refractivity contribution in [1.82, 2.24) is 14.9 Å². The van der Waals surface area contributed by atoms with Crippen molar-refractivity contribution < 1.29 is 0 Å². The summed E-state index contributed by atoms with van der Waals surface area (Å²) in [6.45, 7) is 4.25. The van der Waals surface area contributed by atoms with Gasteiger partial charge in [0.25, 0.3) is 0 Å². The molecule has 0 amide bonds. The summed E-state index contributed by atoms with van der Waals surface area (Å²) in [7, 11) is 1.97. The zero-order chi connectivity index (χ0) is 9.26. The molecule has 0 aliphatic carbocycles. The van der Waals surface area contributed by atoms with E-state index >= 15 is 0 Å². The number of hydrogen-bond donors (Lipinski definition) is 1. The summed E-state index contributed by atoms with van der Waals surface area (Å²) in [5.74, 6) is 1.21. The lowest BCUT2D eigenvalue weighted by molar-refractivity contribution is 0.652. The number of nitrogens with zero attached hydrogens (tertiary/aromatic N) is 2. The first-order valence-electron chi connectivity index (χ1n) is 5.08. The molecule has 0 spiro atoms. The van der Waals surface area contributed by atoms with Gasteiger partial charge in [-0.05, 0) is 26.3 Å². The smallest absolute Gasteiger partial charge is 0.123 e. The molecule has 0 fully saturated rings. The van der Waals surface area contributed by atoms with Gasteiger partial charge in [-0.2, -0.15) is 0 Å². The van der Waals surface area contributed by atoms with Crippen LogP contribution in [0.1, 0.15) is 30.6 Å². The van der Waals surface area contributed by atoms with Crippen LogP contribution in [0.3, 0.4) is 0 Å². The summed E-state index contributed by atoms with van der Waals surface area (Å²) in [4.78, 5) is 4.64. The molecule has 0 saturated heterocycles. The summed E-state index contributed by atoms with van der Waals surface area (Å²) >= 11 is 0. The van der Waals surface area contributed by atoms with Crippen molar-refractivity contribution in [3.8, 4) is 0 Å². The number of imidazole rings is 1. The topological polar surface area (TPSA) is 29.9 Å².